The molecule has 1 fully saturated rings. The fraction of sp³-hybridized carbons (Fsp3) is 0.235. The maximum Gasteiger partial charge on any atom is 0.198 e. The van der Waals surface area contributed by atoms with E-state index < -0.39 is 17.5 Å². The average molecular weight is 303 g/mol. The van der Waals surface area contributed by atoms with Gasteiger partial charge in [-0.3, -0.25) is 4.79 Å². The molecule has 1 aliphatic carbocycles. The van der Waals surface area contributed by atoms with E-state index in [1.165, 1.54) is 6.07 Å². The fourth-order valence-electron chi connectivity index (χ4n) is 3.19. The molecule has 2 unspecified atom stereocenters. The number of Topliss-reactive ketones (excluding diaryl/α,β-unsaturated/α-hetero) is 1. The summed E-state index contributed by atoms with van der Waals surface area (Å²) in [6, 6.07) is 12.0. The average Bonchev–Trinajstić information content (AvgIpc) is 3.19. The number of hydrogen-bond acceptors (Lipinski definition) is 2. The molecule has 4 heteroatoms. The summed E-state index contributed by atoms with van der Waals surface area (Å²) in [5, 5.41) is 0.339. The molecule has 2 aliphatic rings. The second kappa shape index (κ2) is 4.39. The van der Waals surface area contributed by atoms with Crippen molar-refractivity contribution < 1.29 is 13.9 Å². The van der Waals surface area contributed by atoms with Crippen LogP contribution < -0.4 is 0 Å². The summed E-state index contributed by atoms with van der Waals surface area (Å²) in [5.74, 6) is -0.459. The molecule has 2 nitrogen and oxygen atoms in total. The maximum absolute atomic E-state index is 14.0. The summed E-state index contributed by atoms with van der Waals surface area (Å²) in [6.07, 6.45) is 0.860. The number of benzene rings is 2. The molecule has 1 heterocycles. The maximum atomic E-state index is 14.0. The van der Waals surface area contributed by atoms with Crippen LogP contribution in [0.3, 0.4) is 0 Å². The van der Waals surface area contributed by atoms with Gasteiger partial charge < -0.3 is 4.74 Å². The van der Waals surface area contributed by atoms with Crippen molar-refractivity contribution in [3.8, 4) is 0 Å². The molecule has 0 saturated carbocycles. The van der Waals surface area contributed by atoms with Crippen LogP contribution in [0.1, 0.15) is 34.0 Å². The topological polar surface area (TPSA) is 29.6 Å². The molecule has 2 aromatic carbocycles. The Morgan fingerprint density at radius 3 is 2.86 bits per heavy atom. The Morgan fingerprint density at radius 2 is 2.05 bits per heavy atom. The largest absolute Gasteiger partial charge is 0.352 e. The van der Waals surface area contributed by atoms with Crippen molar-refractivity contribution in [1.29, 1.82) is 0 Å². The standard InChI is InChI=1S/C17H12ClFO2/c18-11-5-6-13(14(19)9-11)16-17(21-16)8-7-10-3-1-2-4-12(10)15(17)20/h1-6,9,16H,7-8H2. The summed E-state index contributed by atoms with van der Waals surface area (Å²) >= 11 is 5.77. The van der Waals surface area contributed by atoms with Gasteiger partial charge in [-0.15, -0.1) is 0 Å². The summed E-state index contributed by atoms with van der Waals surface area (Å²) in [5.41, 5.74) is 1.26. The summed E-state index contributed by atoms with van der Waals surface area (Å²) in [4.78, 5) is 12.7. The van der Waals surface area contributed by atoms with Gasteiger partial charge >= 0.3 is 0 Å². The molecule has 0 N–H and O–H groups in total. The van der Waals surface area contributed by atoms with Gasteiger partial charge in [-0.1, -0.05) is 41.9 Å². The number of aryl methyl sites for hydroxylation is 1. The zero-order valence-electron chi connectivity index (χ0n) is 11.1. The number of hydrogen-bond donors (Lipinski definition) is 0. The lowest BCUT2D eigenvalue weighted by atomic mass is 9.79. The number of ether oxygens (including phenoxy) is 1. The Morgan fingerprint density at radius 1 is 1.24 bits per heavy atom. The van der Waals surface area contributed by atoms with Crippen molar-refractivity contribution in [2.75, 3.05) is 0 Å². The molecule has 0 bridgehead atoms. The van der Waals surface area contributed by atoms with E-state index in [1.54, 1.807) is 12.1 Å². The number of epoxide rings is 1. The van der Waals surface area contributed by atoms with Crippen LogP contribution >= 0.6 is 11.6 Å². The Labute approximate surface area is 126 Å². The fourth-order valence-corrected chi connectivity index (χ4v) is 3.35. The lowest BCUT2D eigenvalue weighted by Gasteiger charge is -2.20. The van der Waals surface area contributed by atoms with Crippen LogP contribution in [-0.4, -0.2) is 11.4 Å². The van der Waals surface area contributed by atoms with Gasteiger partial charge in [0.2, 0.25) is 0 Å². The normalized spacial score (nSPS) is 26.8. The lowest BCUT2D eigenvalue weighted by Crippen LogP contribution is -2.31. The van der Waals surface area contributed by atoms with Crippen molar-refractivity contribution >= 4 is 17.4 Å². The predicted octanol–water partition coefficient (Wildman–Crippen LogP) is 4.12. The molecule has 2 atom stereocenters. The number of ketones is 1. The van der Waals surface area contributed by atoms with Crippen LogP contribution in [0.5, 0.6) is 0 Å². The molecule has 1 spiro atoms. The third-order valence-corrected chi connectivity index (χ3v) is 4.59. The molecule has 4 rings (SSSR count). The number of carbonyl (C=O) groups excluding carboxylic acids is 1. The van der Waals surface area contributed by atoms with Crippen LogP contribution in [0.2, 0.25) is 5.02 Å². The third-order valence-electron chi connectivity index (χ3n) is 4.35. The van der Waals surface area contributed by atoms with E-state index in [2.05, 4.69) is 0 Å². The first-order valence-corrected chi connectivity index (χ1v) is 7.25. The Hall–Kier alpha value is -1.71. The van der Waals surface area contributed by atoms with Crippen LogP contribution in [0.4, 0.5) is 4.39 Å². The van der Waals surface area contributed by atoms with Crippen molar-refractivity contribution in [2.24, 2.45) is 0 Å². The molecular weight excluding hydrogens is 291 g/mol. The zero-order valence-corrected chi connectivity index (χ0v) is 11.9. The summed E-state index contributed by atoms with van der Waals surface area (Å²) in [6.45, 7) is 0. The van der Waals surface area contributed by atoms with E-state index in [0.29, 0.717) is 22.6 Å². The molecular formula is C17H12ClFO2. The second-order valence-electron chi connectivity index (χ2n) is 5.54. The Bertz CT molecular complexity index is 758. The van der Waals surface area contributed by atoms with Crippen molar-refractivity contribution in [3.63, 3.8) is 0 Å². The van der Waals surface area contributed by atoms with Crippen LogP contribution in [-0.2, 0) is 11.2 Å². The van der Waals surface area contributed by atoms with E-state index in [0.717, 1.165) is 12.0 Å². The van der Waals surface area contributed by atoms with E-state index in [-0.39, 0.29) is 5.78 Å². The van der Waals surface area contributed by atoms with Gasteiger partial charge in [-0.05, 0) is 30.5 Å². The van der Waals surface area contributed by atoms with Crippen molar-refractivity contribution in [1.82, 2.24) is 0 Å². The Kier molecular flexibility index (Phi) is 2.72. The summed E-state index contributed by atoms with van der Waals surface area (Å²) < 4.78 is 19.7. The molecule has 0 amide bonds. The zero-order chi connectivity index (χ0) is 14.6. The minimum atomic E-state index is -0.886. The van der Waals surface area contributed by atoms with Gasteiger partial charge in [-0.25, -0.2) is 4.39 Å². The highest BCUT2D eigenvalue weighted by Crippen LogP contribution is 2.56. The quantitative estimate of drug-likeness (QED) is 0.742. The van der Waals surface area contributed by atoms with Gasteiger partial charge in [0.1, 0.15) is 11.9 Å². The number of fused-ring (bicyclic) bond motifs is 1. The van der Waals surface area contributed by atoms with E-state index in [9.17, 15) is 9.18 Å². The van der Waals surface area contributed by atoms with Crippen LogP contribution in [0, 0.1) is 5.82 Å². The first kappa shape index (κ1) is 13.0. The third kappa shape index (κ3) is 1.84. The van der Waals surface area contributed by atoms with Crippen LogP contribution in [0.15, 0.2) is 42.5 Å². The highest BCUT2D eigenvalue weighted by atomic mass is 35.5. The van der Waals surface area contributed by atoms with Gasteiger partial charge in [0.05, 0.1) is 0 Å². The molecule has 106 valence electrons. The minimum Gasteiger partial charge on any atom is -0.352 e. The van der Waals surface area contributed by atoms with Gasteiger partial charge in [0.25, 0.3) is 0 Å². The van der Waals surface area contributed by atoms with Gasteiger partial charge in [0, 0.05) is 16.1 Å². The molecule has 1 saturated heterocycles. The molecule has 21 heavy (non-hydrogen) atoms. The van der Waals surface area contributed by atoms with E-state index >= 15 is 0 Å². The van der Waals surface area contributed by atoms with Gasteiger partial charge in [0.15, 0.2) is 11.4 Å². The van der Waals surface area contributed by atoms with Crippen LogP contribution in [0.25, 0.3) is 0 Å². The molecule has 0 aromatic heterocycles. The van der Waals surface area contributed by atoms with Crippen molar-refractivity contribution in [2.45, 2.75) is 24.5 Å². The lowest BCUT2D eigenvalue weighted by molar-refractivity contribution is 0.0850. The first-order chi connectivity index (χ1) is 10.1. The summed E-state index contributed by atoms with van der Waals surface area (Å²) in [7, 11) is 0. The molecule has 2 aromatic rings. The highest BCUT2D eigenvalue weighted by Gasteiger charge is 2.64. The highest BCUT2D eigenvalue weighted by molar-refractivity contribution is 6.30. The molecule has 1 aliphatic heterocycles. The smallest absolute Gasteiger partial charge is 0.198 e. The predicted molar refractivity (Wildman–Crippen MR) is 77.1 cm³/mol. The molecule has 0 radical (unpaired) electrons. The van der Waals surface area contributed by atoms with E-state index in [1.807, 2.05) is 24.3 Å². The second-order valence-corrected chi connectivity index (χ2v) is 5.98. The van der Waals surface area contributed by atoms with E-state index in [4.69, 9.17) is 16.3 Å². The number of carbonyl (C=O) groups is 1. The minimum absolute atomic E-state index is 0.0382. The SMILES string of the molecule is O=C1c2ccccc2CCC12OC2c1ccc(Cl)cc1F. The monoisotopic (exact) mass is 302 g/mol. The van der Waals surface area contributed by atoms with Crippen molar-refractivity contribution in [3.05, 3.63) is 70.0 Å². The number of halogens is 2. The van der Waals surface area contributed by atoms with Gasteiger partial charge in [-0.2, -0.15) is 0 Å². The number of rotatable bonds is 1. The Balaban J connectivity index is 1.71. The first-order valence-electron chi connectivity index (χ1n) is 6.87.